The van der Waals surface area contributed by atoms with Crippen LogP contribution in [0.3, 0.4) is 0 Å². The Kier molecular flexibility index (Phi) is 3.66. The molecule has 104 valence electrons. The minimum atomic E-state index is -0.286. The molecule has 1 N–H and O–H groups in total. The Morgan fingerprint density at radius 1 is 1.43 bits per heavy atom. The minimum absolute atomic E-state index is 0.232. The Labute approximate surface area is 123 Å². The predicted octanol–water partition coefficient (Wildman–Crippen LogP) is 2.76. The number of hydrogen-bond donors (Lipinski definition) is 1. The van der Waals surface area contributed by atoms with Crippen LogP contribution in [-0.2, 0) is 5.75 Å². The van der Waals surface area contributed by atoms with Gasteiger partial charge < -0.3 is 4.52 Å². The van der Waals surface area contributed by atoms with Gasteiger partial charge >= 0.3 is 0 Å². The van der Waals surface area contributed by atoms with E-state index in [1.807, 2.05) is 6.07 Å². The normalized spacial score (nSPS) is 10.5. The first-order chi connectivity index (χ1) is 10.3. The van der Waals surface area contributed by atoms with Crippen LogP contribution < -0.4 is 0 Å². The molecule has 0 aliphatic rings. The molecule has 0 radical (unpaired) electrons. The van der Waals surface area contributed by atoms with Crippen molar-refractivity contribution in [2.45, 2.75) is 10.6 Å². The molecular formula is C13H8FN5OS. The molecule has 3 aromatic rings. The first kappa shape index (κ1) is 13.3. The minimum Gasteiger partial charge on any atom is -0.334 e. The van der Waals surface area contributed by atoms with Gasteiger partial charge in [-0.1, -0.05) is 11.2 Å². The summed E-state index contributed by atoms with van der Waals surface area (Å²) in [5, 5.41) is 19.0. The Bertz CT molecular complexity index is 807. The number of aromatic nitrogens is 4. The van der Waals surface area contributed by atoms with Gasteiger partial charge in [0.2, 0.25) is 0 Å². The van der Waals surface area contributed by atoms with Crippen LogP contribution in [0.1, 0.15) is 11.5 Å². The second kappa shape index (κ2) is 5.76. The van der Waals surface area contributed by atoms with E-state index < -0.39 is 0 Å². The first-order valence-corrected chi connectivity index (χ1v) is 6.89. The van der Waals surface area contributed by atoms with Crippen molar-refractivity contribution in [1.29, 1.82) is 5.26 Å². The van der Waals surface area contributed by atoms with Crippen LogP contribution in [0.2, 0.25) is 0 Å². The van der Waals surface area contributed by atoms with E-state index in [-0.39, 0.29) is 17.4 Å². The fourth-order valence-corrected chi connectivity index (χ4v) is 2.44. The monoisotopic (exact) mass is 301 g/mol. The Morgan fingerprint density at radius 2 is 2.33 bits per heavy atom. The molecule has 0 saturated heterocycles. The van der Waals surface area contributed by atoms with Crippen LogP contribution in [0.5, 0.6) is 0 Å². The number of nitriles is 1. The van der Waals surface area contributed by atoms with E-state index in [1.165, 1.54) is 30.1 Å². The fourth-order valence-electron chi connectivity index (χ4n) is 1.66. The molecule has 0 saturated carbocycles. The summed E-state index contributed by atoms with van der Waals surface area (Å²) in [6, 6.07) is 8.23. The third-order valence-electron chi connectivity index (χ3n) is 2.61. The van der Waals surface area contributed by atoms with Crippen LogP contribution in [0.4, 0.5) is 4.39 Å². The highest BCUT2D eigenvalue weighted by Crippen LogP contribution is 2.24. The summed E-state index contributed by atoms with van der Waals surface area (Å²) in [5.41, 5.74) is 0.731. The molecule has 0 bridgehead atoms. The van der Waals surface area contributed by atoms with Crippen molar-refractivity contribution in [3.8, 4) is 17.5 Å². The average Bonchev–Trinajstić information content (AvgIpc) is 3.13. The summed E-state index contributed by atoms with van der Waals surface area (Å²) in [7, 11) is 0. The molecular weight excluding hydrogens is 293 g/mol. The zero-order valence-electron chi connectivity index (χ0n) is 10.6. The Morgan fingerprint density at radius 3 is 3.14 bits per heavy atom. The Balaban J connectivity index is 1.73. The van der Waals surface area contributed by atoms with Crippen molar-refractivity contribution in [3.05, 3.63) is 47.8 Å². The highest BCUT2D eigenvalue weighted by atomic mass is 32.2. The average molecular weight is 301 g/mol. The highest BCUT2D eigenvalue weighted by Gasteiger charge is 2.15. The third-order valence-corrected chi connectivity index (χ3v) is 3.60. The van der Waals surface area contributed by atoms with Gasteiger partial charge in [0, 0.05) is 4.90 Å². The van der Waals surface area contributed by atoms with Gasteiger partial charge in [0.15, 0.2) is 5.82 Å². The molecule has 2 aromatic heterocycles. The molecule has 1 aromatic carbocycles. The number of rotatable bonds is 4. The molecule has 2 heterocycles. The lowest BCUT2D eigenvalue weighted by molar-refractivity contribution is 0.425. The van der Waals surface area contributed by atoms with E-state index in [0.29, 0.717) is 17.1 Å². The van der Waals surface area contributed by atoms with Crippen LogP contribution in [0.25, 0.3) is 11.5 Å². The van der Waals surface area contributed by atoms with E-state index in [1.54, 1.807) is 12.1 Å². The number of halogens is 1. The summed E-state index contributed by atoms with van der Waals surface area (Å²) >= 11 is 1.39. The van der Waals surface area contributed by atoms with Crippen molar-refractivity contribution in [1.82, 2.24) is 20.3 Å². The topological polar surface area (TPSA) is 91.4 Å². The number of H-pyrrole nitrogens is 1. The molecule has 0 amide bonds. The summed E-state index contributed by atoms with van der Waals surface area (Å²) < 4.78 is 18.2. The Hall–Kier alpha value is -2.66. The third kappa shape index (κ3) is 2.93. The molecule has 21 heavy (non-hydrogen) atoms. The number of benzene rings is 1. The number of nitrogens with zero attached hydrogens (tertiary/aromatic N) is 4. The zero-order chi connectivity index (χ0) is 14.7. The van der Waals surface area contributed by atoms with Gasteiger partial charge in [0.1, 0.15) is 17.6 Å². The smallest absolute Gasteiger partial charge is 0.262 e. The maximum atomic E-state index is 13.1. The molecule has 8 heteroatoms. The second-order valence-electron chi connectivity index (χ2n) is 4.03. The van der Waals surface area contributed by atoms with E-state index in [2.05, 4.69) is 20.3 Å². The van der Waals surface area contributed by atoms with Crippen molar-refractivity contribution >= 4 is 11.8 Å². The van der Waals surface area contributed by atoms with Gasteiger partial charge in [-0.3, -0.25) is 5.10 Å². The van der Waals surface area contributed by atoms with Gasteiger partial charge in [0.05, 0.1) is 17.5 Å². The lowest BCUT2D eigenvalue weighted by Crippen LogP contribution is -1.85. The standard InChI is InChI=1S/C13H8FN5OS/c14-8-2-1-3-9(4-8)21-7-12-17-13(20-19-12)10-6-16-18-11(10)5-15/h1-4,6H,7H2,(H,16,18). The molecule has 0 aliphatic heterocycles. The molecule has 0 aliphatic carbocycles. The van der Waals surface area contributed by atoms with Gasteiger partial charge in [-0.15, -0.1) is 11.8 Å². The maximum absolute atomic E-state index is 13.1. The maximum Gasteiger partial charge on any atom is 0.262 e. The van der Waals surface area contributed by atoms with Gasteiger partial charge in [-0.2, -0.15) is 15.3 Å². The van der Waals surface area contributed by atoms with E-state index in [4.69, 9.17) is 9.78 Å². The molecule has 0 atom stereocenters. The molecule has 3 rings (SSSR count). The van der Waals surface area contributed by atoms with Crippen LogP contribution in [0.15, 0.2) is 39.9 Å². The summed E-state index contributed by atoms with van der Waals surface area (Å²) in [6.07, 6.45) is 1.45. The number of nitrogens with one attached hydrogen (secondary N) is 1. The van der Waals surface area contributed by atoms with E-state index in [0.717, 1.165) is 4.90 Å². The lowest BCUT2D eigenvalue weighted by atomic mass is 10.2. The van der Waals surface area contributed by atoms with Crippen molar-refractivity contribution < 1.29 is 8.91 Å². The quantitative estimate of drug-likeness (QED) is 0.745. The van der Waals surface area contributed by atoms with Crippen molar-refractivity contribution in [2.75, 3.05) is 0 Å². The first-order valence-electron chi connectivity index (χ1n) is 5.91. The SMILES string of the molecule is N#Cc1[nH]ncc1-c1nc(CSc2cccc(F)c2)no1. The van der Waals surface area contributed by atoms with E-state index >= 15 is 0 Å². The number of thioether (sulfide) groups is 1. The summed E-state index contributed by atoms with van der Waals surface area (Å²) in [5.74, 6) is 0.845. The molecule has 0 unspecified atom stereocenters. The fraction of sp³-hybridized carbons (Fsp3) is 0.0769. The zero-order valence-corrected chi connectivity index (χ0v) is 11.4. The highest BCUT2D eigenvalue weighted by molar-refractivity contribution is 7.98. The second-order valence-corrected chi connectivity index (χ2v) is 5.08. The lowest BCUT2D eigenvalue weighted by Gasteiger charge is -1.97. The predicted molar refractivity (Wildman–Crippen MR) is 72.6 cm³/mol. The van der Waals surface area contributed by atoms with E-state index in [9.17, 15) is 4.39 Å². The summed E-state index contributed by atoms with van der Waals surface area (Å²) in [6.45, 7) is 0. The number of hydrogen-bond acceptors (Lipinski definition) is 6. The van der Waals surface area contributed by atoms with Crippen molar-refractivity contribution in [3.63, 3.8) is 0 Å². The molecule has 0 fully saturated rings. The molecule has 0 spiro atoms. The van der Waals surface area contributed by atoms with Crippen LogP contribution in [0, 0.1) is 17.1 Å². The van der Waals surface area contributed by atoms with Crippen LogP contribution >= 0.6 is 11.8 Å². The van der Waals surface area contributed by atoms with Gasteiger partial charge in [-0.05, 0) is 18.2 Å². The van der Waals surface area contributed by atoms with Gasteiger partial charge in [0.25, 0.3) is 5.89 Å². The van der Waals surface area contributed by atoms with Gasteiger partial charge in [-0.25, -0.2) is 4.39 Å². The van der Waals surface area contributed by atoms with Crippen LogP contribution in [-0.4, -0.2) is 20.3 Å². The number of aromatic amines is 1. The largest absolute Gasteiger partial charge is 0.334 e. The summed E-state index contributed by atoms with van der Waals surface area (Å²) in [4.78, 5) is 4.98. The van der Waals surface area contributed by atoms with Crippen molar-refractivity contribution in [2.24, 2.45) is 0 Å². The molecule has 6 nitrogen and oxygen atoms in total.